The summed E-state index contributed by atoms with van der Waals surface area (Å²) < 4.78 is 0. The maximum absolute atomic E-state index is 12.5. The average Bonchev–Trinajstić information content (AvgIpc) is 2.89. The summed E-state index contributed by atoms with van der Waals surface area (Å²) in [5.41, 5.74) is 1.14. The van der Waals surface area contributed by atoms with Gasteiger partial charge >= 0.3 is 0 Å². The number of hydrogen-bond acceptors (Lipinski definition) is 2. The zero-order valence-electron chi connectivity index (χ0n) is 14.2. The van der Waals surface area contributed by atoms with Gasteiger partial charge in [0.1, 0.15) is 11.9 Å². The minimum atomic E-state index is -0.664. The van der Waals surface area contributed by atoms with Crippen molar-refractivity contribution >= 4 is 5.78 Å². The summed E-state index contributed by atoms with van der Waals surface area (Å²) in [4.78, 5) is 12.5. The molecule has 0 aromatic heterocycles. The first-order valence-corrected chi connectivity index (χ1v) is 9.41. The number of hydrogen-bond donors (Lipinski definition) is 1. The zero-order valence-corrected chi connectivity index (χ0v) is 14.2. The Labute approximate surface area is 139 Å². The van der Waals surface area contributed by atoms with E-state index in [4.69, 9.17) is 6.42 Å². The van der Waals surface area contributed by atoms with Gasteiger partial charge in [-0.05, 0) is 69.1 Å². The Kier molecular flexibility index (Phi) is 3.50. The number of terminal acetylenes is 1. The van der Waals surface area contributed by atoms with Gasteiger partial charge in [-0.1, -0.05) is 24.5 Å². The van der Waals surface area contributed by atoms with Crippen LogP contribution in [0.15, 0.2) is 11.6 Å². The minimum absolute atomic E-state index is 0.0979. The van der Waals surface area contributed by atoms with Crippen molar-refractivity contribution in [2.24, 2.45) is 28.6 Å². The van der Waals surface area contributed by atoms with Crippen molar-refractivity contribution in [1.29, 1.82) is 0 Å². The van der Waals surface area contributed by atoms with Crippen molar-refractivity contribution in [2.45, 2.75) is 70.8 Å². The number of allylic oxidation sites excluding steroid dienone is 1. The van der Waals surface area contributed by atoms with Gasteiger partial charge in [-0.2, -0.15) is 0 Å². The normalized spacial score (nSPS) is 46.9. The van der Waals surface area contributed by atoms with Gasteiger partial charge in [0.25, 0.3) is 0 Å². The lowest BCUT2D eigenvalue weighted by Gasteiger charge is -2.58. The van der Waals surface area contributed by atoms with Gasteiger partial charge in [0, 0.05) is 17.3 Å². The first-order chi connectivity index (χ1) is 11.0. The molecule has 0 bridgehead atoms. The maximum atomic E-state index is 12.5. The van der Waals surface area contributed by atoms with E-state index in [9.17, 15) is 9.90 Å². The molecule has 4 aliphatic carbocycles. The van der Waals surface area contributed by atoms with Crippen LogP contribution in [0.2, 0.25) is 0 Å². The molecule has 4 aliphatic rings. The molecular weight excluding hydrogens is 284 g/mol. The van der Waals surface area contributed by atoms with Crippen molar-refractivity contribution < 1.29 is 9.90 Å². The second-order valence-corrected chi connectivity index (χ2v) is 8.56. The van der Waals surface area contributed by atoms with E-state index in [0.29, 0.717) is 23.5 Å². The number of rotatable bonds is 1. The van der Waals surface area contributed by atoms with E-state index in [-0.39, 0.29) is 10.8 Å². The second kappa shape index (κ2) is 5.21. The van der Waals surface area contributed by atoms with Gasteiger partial charge in [-0.15, -0.1) is 6.42 Å². The lowest BCUT2D eigenvalue weighted by molar-refractivity contribution is -0.134. The molecule has 3 fully saturated rings. The van der Waals surface area contributed by atoms with Gasteiger partial charge in [0.15, 0.2) is 0 Å². The molecule has 0 saturated heterocycles. The van der Waals surface area contributed by atoms with Crippen LogP contribution >= 0.6 is 0 Å². The molecule has 0 aliphatic heterocycles. The highest BCUT2D eigenvalue weighted by Crippen LogP contribution is 2.65. The smallest absolute Gasteiger partial charge is 0.139 e. The molecule has 0 aromatic carbocycles. The Morgan fingerprint density at radius 1 is 1.26 bits per heavy atom. The van der Waals surface area contributed by atoms with Crippen LogP contribution in [-0.2, 0) is 4.79 Å². The molecule has 2 nitrogen and oxygen atoms in total. The summed E-state index contributed by atoms with van der Waals surface area (Å²) in [6.07, 6.45) is 16.8. The first-order valence-electron chi connectivity index (χ1n) is 9.41. The summed E-state index contributed by atoms with van der Waals surface area (Å²) in [5, 5.41) is 10.8. The summed E-state index contributed by atoms with van der Waals surface area (Å²) in [7, 11) is 0. The number of ketones is 1. The highest BCUT2D eigenvalue weighted by atomic mass is 16.3. The largest absolute Gasteiger partial charge is 0.379 e. The molecule has 6 atom stereocenters. The number of Topliss-reactive ketones (excluding diaryl/α,β-unsaturated/α-hetero) is 1. The van der Waals surface area contributed by atoms with Crippen LogP contribution in [0.1, 0.15) is 64.7 Å². The van der Waals surface area contributed by atoms with Crippen molar-refractivity contribution in [3.63, 3.8) is 0 Å². The number of aliphatic hydroxyl groups is 1. The first kappa shape index (κ1) is 15.5. The monoisotopic (exact) mass is 312 g/mol. The maximum Gasteiger partial charge on any atom is 0.139 e. The summed E-state index contributed by atoms with van der Waals surface area (Å²) in [6, 6.07) is 0. The molecule has 0 heterocycles. The quantitative estimate of drug-likeness (QED) is 0.589. The SMILES string of the molecule is C#C[C@H](O)[C@]12CCCC=C1CC[C@@H]1[C@@H]2CC[C@]2(C)C(=O)CC[C@@H]12. The second-order valence-electron chi connectivity index (χ2n) is 8.56. The Balaban J connectivity index is 1.76. The Bertz CT molecular complexity index is 597. The van der Waals surface area contributed by atoms with E-state index in [1.165, 1.54) is 12.0 Å². The van der Waals surface area contributed by atoms with Gasteiger partial charge < -0.3 is 5.11 Å². The van der Waals surface area contributed by atoms with Gasteiger partial charge in [0.05, 0.1) is 0 Å². The van der Waals surface area contributed by atoms with E-state index in [1.54, 1.807) is 0 Å². The van der Waals surface area contributed by atoms with Crippen molar-refractivity contribution in [1.82, 2.24) is 0 Å². The van der Waals surface area contributed by atoms with E-state index < -0.39 is 6.10 Å². The van der Waals surface area contributed by atoms with Crippen molar-refractivity contribution in [3.05, 3.63) is 11.6 Å². The molecule has 4 rings (SSSR count). The molecule has 124 valence electrons. The Morgan fingerprint density at radius 2 is 2.09 bits per heavy atom. The fraction of sp³-hybridized carbons (Fsp3) is 0.762. The van der Waals surface area contributed by atoms with Crippen LogP contribution in [0.3, 0.4) is 0 Å². The molecule has 1 N–H and O–H groups in total. The molecule has 2 heteroatoms. The lowest BCUT2D eigenvalue weighted by Crippen LogP contribution is -2.55. The predicted octanol–water partition coefficient (Wildman–Crippen LogP) is 3.88. The number of fused-ring (bicyclic) bond motifs is 5. The third-order valence-corrected chi connectivity index (χ3v) is 7.98. The minimum Gasteiger partial charge on any atom is -0.379 e. The van der Waals surface area contributed by atoms with Gasteiger partial charge in [-0.25, -0.2) is 0 Å². The van der Waals surface area contributed by atoms with E-state index in [1.807, 2.05) is 0 Å². The molecule has 23 heavy (non-hydrogen) atoms. The van der Waals surface area contributed by atoms with Gasteiger partial charge in [-0.3, -0.25) is 4.79 Å². The number of aliphatic hydroxyl groups excluding tert-OH is 1. The highest BCUT2D eigenvalue weighted by molar-refractivity contribution is 5.87. The van der Waals surface area contributed by atoms with Crippen molar-refractivity contribution in [3.8, 4) is 12.3 Å². The Hall–Kier alpha value is -1.07. The number of carbonyl (C=O) groups is 1. The molecule has 0 aromatic rings. The standard InChI is InChI=1S/C21H28O2/c1-3-18(22)21-12-5-4-6-14(21)7-8-15-16-9-10-19(23)20(16,2)13-11-17(15)21/h1,6,15-18,22H,4-5,7-13H2,2H3/t15-,16-,17-,18-,20-,21+/m0/s1. The molecule has 3 saturated carbocycles. The lowest BCUT2D eigenvalue weighted by atomic mass is 9.45. The summed E-state index contributed by atoms with van der Waals surface area (Å²) >= 11 is 0. The summed E-state index contributed by atoms with van der Waals surface area (Å²) in [6.45, 7) is 2.21. The Morgan fingerprint density at radius 3 is 2.87 bits per heavy atom. The van der Waals surface area contributed by atoms with Crippen molar-refractivity contribution in [2.75, 3.05) is 0 Å². The molecule has 0 unspecified atom stereocenters. The molecular formula is C21H28O2. The molecule has 0 spiro atoms. The van der Waals surface area contributed by atoms with Crippen LogP contribution in [-0.4, -0.2) is 17.0 Å². The third-order valence-electron chi connectivity index (χ3n) is 7.98. The fourth-order valence-corrected chi connectivity index (χ4v) is 6.87. The van der Waals surface area contributed by atoms with Gasteiger partial charge in [0.2, 0.25) is 0 Å². The highest BCUT2D eigenvalue weighted by Gasteiger charge is 2.61. The van der Waals surface area contributed by atoms with E-state index in [0.717, 1.165) is 51.4 Å². The zero-order chi connectivity index (χ0) is 16.2. The number of carbonyl (C=O) groups excluding carboxylic acids is 1. The topological polar surface area (TPSA) is 37.3 Å². The van der Waals surface area contributed by atoms with Crippen LogP contribution in [0, 0.1) is 40.9 Å². The fourth-order valence-electron chi connectivity index (χ4n) is 6.87. The molecule has 0 amide bonds. The predicted molar refractivity (Wildman–Crippen MR) is 90.5 cm³/mol. The van der Waals surface area contributed by atoms with Crippen LogP contribution in [0.25, 0.3) is 0 Å². The van der Waals surface area contributed by atoms with Crippen LogP contribution in [0.5, 0.6) is 0 Å². The van der Waals surface area contributed by atoms with E-state index in [2.05, 4.69) is 18.9 Å². The average molecular weight is 312 g/mol. The van der Waals surface area contributed by atoms with Crippen LogP contribution in [0.4, 0.5) is 0 Å². The molecule has 0 radical (unpaired) electrons. The third kappa shape index (κ3) is 1.89. The van der Waals surface area contributed by atoms with Crippen LogP contribution < -0.4 is 0 Å². The van der Waals surface area contributed by atoms with E-state index >= 15 is 0 Å². The summed E-state index contributed by atoms with van der Waals surface area (Å²) in [5.74, 6) is 4.72.